The molecule has 0 N–H and O–H groups in total. The van der Waals surface area contributed by atoms with Crippen LogP contribution in [0.1, 0.15) is 34.6 Å². The van der Waals surface area contributed by atoms with Crippen molar-refractivity contribution in [3.63, 3.8) is 0 Å². The highest BCUT2D eigenvalue weighted by Gasteiger charge is 2.18. The zero-order chi connectivity index (χ0) is 21.3. The third kappa shape index (κ3) is 6.26. The molecule has 9 heteroatoms. The Balaban J connectivity index is 2.84. The predicted molar refractivity (Wildman–Crippen MR) is 100 cm³/mol. The molecule has 1 aromatic carbocycles. The molecule has 0 atom stereocenters. The Morgan fingerprint density at radius 1 is 0.857 bits per heavy atom. The molecule has 0 aliphatic carbocycles. The van der Waals surface area contributed by atoms with Gasteiger partial charge in [-0.05, 0) is 32.0 Å². The van der Waals surface area contributed by atoms with Gasteiger partial charge < -0.3 is 24.0 Å². The molecule has 1 rings (SSSR count). The first-order valence-electron chi connectivity index (χ1n) is 8.73. The number of nitrogens with zero attached hydrogens (tertiary/aromatic N) is 2. The van der Waals surface area contributed by atoms with Crippen molar-refractivity contribution < 1.29 is 33.4 Å². The lowest BCUT2D eigenvalue weighted by atomic mass is 10.1. The summed E-state index contributed by atoms with van der Waals surface area (Å²) in [4.78, 5) is 50.8. The lowest BCUT2D eigenvalue weighted by molar-refractivity contribution is -0.140. The summed E-state index contributed by atoms with van der Waals surface area (Å²) in [5, 5.41) is 0. The fourth-order valence-corrected chi connectivity index (χ4v) is 2.38. The summed E-state index contributed by atoms with van der Waals surface area (Å²) in [6.07, 6.45) is 0. The SMILES string of the molecule is CCN(CC)C(=O)CN(C)C(=O)COc1cc(C(=O)OC)cc(C(=O)OC)c1. The van der Waals surface area contributed by atoms with Crippen molar-refractivity contribution in [2.75, 3.05) is 47.5 Å². The van der Waals surface area contributed by atoms with E-state index in [1.165, 1.54) is 44.4 Å². The number of hydrogen-bond donors (Lipinski definition) is 0. The van der Waals surface area contributed by atoms with Crippen LogP contribution in [0.5, 0.6) is 5.75 Å². The second kappa shape index (κ2) is 10.9. The number of rotatable bonds is 9. The summed E-state index contributed by atoms with van der Waals surface area (Å²) in [6, 6.07) is 4.01. The minimum absolute atomic E-state index is 0.0700. The molecule has 0 saturated carbocycles. The number of ether oxygens (including phenoxy) is 3. The van der Waals surface area contributed by atoms with Crippen molar-refractivity contribution in [1.29, 1.82) is 0 Å². The molecule has 0 saturated heterocycles. The Hall–Kier alpha value is -3.10. The maximum atomic E-state index is 12.2. The number of carbonyl (C=O) groups excluding carboxylic acids is 4. The second-order valence-corrected chi connectivity index (χ2v) is 5.83. The number of benzene rings is 1. The normalized spacial score (nSPS) is 10.0. The molecule has 28 heavy (non-hydrogen) atoms. The van der Waals surface area contributed by atoms with Gasteiger partial charge in [0.15, 0.2) is 6.61 Å². The number of likely N-dealkylation sites (N-methyl/N-ethyl adjacent to an activating group) is 2. The van der Waals surface area contributed by atoms with Crippen LogP contribution in [-0.4, -0.2) is 81.1 Å². The van der Waals surface area contributed by atoms with E-state index >= 15 is 0 Å². The molecule has 0 aliphatic heterocycles. The lowest BCUT2D eigenvalue weighted by Gasteiger charge is -2.23. The van der Waals surface area contributed by atoms with Crippen LogP contribution in [0.25, 0.3) is 0 Å². The summed E-state index contributed by atoms with van der Waals surface area (Å²) in [5.41, 5.74) is 0.163. The first kappa shape index (κ1) is 22.9. The summed E-state index contributed by atoms with van der Waals surface area (Å²) < 4.78 is 14.7. The number of hydrogen-bond acceptors (Lipinski definition) is 7. The monoisotopic (exact) mass is 394 g/mol. The molecular formula is C19H26N2O7. The van der Waals surface area contributed by atoms with Gasteiger partial charge in [-0.2, -0.15) is 0 Å². The highest BCUT2D eigenvalue weighted by Crippen LogP contribution is 2.19. The van der Waals surface area contributed by atoms with E-state index in [0.717, 1.165) is 0 Å². The smallest absolute Gasteiger partial charge is 0.338 e. The predicted octanol–water partition coefficient (Wildman–Crippen LogP) is 0.965. The number of methoxy groups -OCH3 is 2. The van der Waals surface area contributed by atoms with Gasteiger partial charge in [-0.3, -0.25) is 9.59 Å². The quantitative estimate of drug-likeness (QED) is 0.575. The van der Waals surface area contributed by atoms with Crippen molar-refractivity contribution in [2.24, 2.45) is 0 Å². The Bertz CT molecular complexity index is 695. The van der Waals surface area contributed by atoms with E-state index in [1.807, 2.05) is 13.8 Å². The van der Waals surface area contributed by atoms with E-state index in [1.54, 1.807) is 4.90 Å². The molecule has 154 valence electrons. The van der Waals surface area contributed by atoms with Crippen molar-refractivity contribution in [2.45, 2.75) is 13.8 Å². The van der Waals surface area contributed by atoms with Gasteiger partial charge in [0.2, 0.25) is 5.91 Å². The first-order chi connectivity index (χ1) is 13.3. The van der Waals surface area contributed by atoms with Crippen LogP contribution in [0.4, 0.5) is 0 Å². The number of carbonyl (C=O) groups is 4. The van der Waals surface area contributed by atoms with Crippen LogP contribution in [0.15, 0.2) is 18.2 Å². The maximum Gasteiger partial charge on any atom is 0.338 e. The van der Waals surface area contributed by atoms with Crippen molar-refractivity contribution in [3.05, 3.63) is 29.3 Å². The van der Waals surface area contributed by atoms with Crippen molar-refractivity contribution >= 4 is 23.8 Å². The Kier molecular flexibility index (Phi) is 8.94. The van der Waals surface area contributed by atoms with Crippen LogP contribution in [0.2, 0.25) is 0 Å². The fourth-order valence-electron chi connectivity index (χ4n) is 2.38. The number of amides is 2. The van der Waals surface area contributed by atoms with Crippen molar-refractivity contribution in [1.82, 2.24) is 9.80 Å². The average Bonchev–Trinajstić information content (AvgIpc) is 2.71. The standard InChI is InChI=1S/C19H26N2O7/c1-6-21(7-2)16(22)11-20(3)17(23)12-28-15-9-13(18(24)26-4)8-14(10-15)19(25)27-5/h8-10H,6-7,11-12H2,1-5H3. The summed E-state index contributed by atoms with van der Waals surface area (Å²) in [6.45, 7) is 4.40. The largest absolute Gasteiger partial charge is 0.484 e. The Morgan fingerprint density at radius 2 is 1.36 bits per heavy atom. The van der Waals surface area contributed by atoms with Crippen LogP contribution >= 0.6 is 0 Å². The van der Waals surface area contributed by atoms with E-state index < -0.39 is 17.8 Å². The van der Waals surface area contributed by atoms with E-state index in [9.17, 15) is 19.2 Å². The Labute approximate surface area is 164 Å². The van der Waals surface area contributed by atoms with E-state index in [4.69, 9.17) is 4.74 Å². The first-order valence-corrected chi connectivity index (χ1v) is 8.73. The third-order valence-corrected chi connectivity index (χ3v) is 4.03. The van der Waals surface area contributed by atoms with Gasteiger partial charge >= 0.3 is 11.9 Å². The molecule has 0 heterocycles. The van der Waals surface area contributed by atoms with Gasteiger partial charge in [0.1, 0.15) is 5.75 Å². The topological polar surface area (TPSA) is 102 Å². The summed E-state index contributed by atoms with van der Waals surface area (Å²) in [7, 11) is 3.91. The molecule has 0 bridgehead atoms. The van der Waals surface area contributed by atoms with Crippen LogP contribution in [0.3, 0.4) is 0 Å². The van der Waals surface area contributed by atoms with Gasteiger partial charge in [0.05, 0.1) is 31.9 Å². The fraction of sp³-hybridized carbons (Fsp3) is 0.474. The molecule has 9 nitrogen and oxygen atoms in total. The summed E-state index contributed by atoms with van der Waals surface area (Å²) in [5.74, 6) is -1.79. The van der Waals surface area contributed by atoms with Crippen LogP contribution in [-0.2, 0) is 19.1 Å². The van der Waals surface area contributed by atoms with Gasteiger partial charge in [-0.1, -0.05) is 0 Å². The van der Waals surface area contributed by atoms with Gasteiger partial charge in [0, 0.05) is 20.1 Å². The van der Waals surface area contributed by atoms with Gasteiger partial charge in [-0.25, -0.2) is 9.59 Å². The Morgan fingerprint density at radius 3 is 1.79 bits per heavy atom. The minimum Gasteiger partial charge on any atom is -0.484 e. The molecule has 0 spiro atoms. The number of esters is 2. The zero-order valence-electron chi connectivity index (χ0n) is 16.8. The van der Waals surface area contributed by atoms with E-state index in [0.29, 0.717) is 13.1 Å². The van der Waals surface area contributed by atoms with Crippen LogP contribution < -0.4 is 4.74 Å². The molecule has 0 radical (unpaired) electrons. The second-order valence-electron chi connectivity index (χ2n) is 5.83. The highest BCUT2D eigenvalue weighted by molar-refractivity contribution is 5.96. The highest BCUT2D eigenvalue weighted by atomic mass is 16.5. The minimum atomic E-state index is -0.663. The molecule has 2 amide bonds. The molecule has 0 aromatic heterocycles. The van der Waals surface area contributed by atoms with Gasteiger partial charge in [-0.15, -0.1) is 0 Å². The van der Waals surface area contributed by atoms with Gasteiger partial charge in [0.25, 0.3) is 5.91 Å². The molecule has 1 aromatic rings. The third-order valence-electron chi connectivity index (χ3n) is 4.03. The average molecular weight is 394 g/mol. The van der Waals surface area contributed by atoms with Crippen molar-refractivity contribution in [3.8, 4) is 5.75 Å². The zero-order valence-corrected chi connectivity index (χ0v) is 16.8. The van der Waals surface area contributed by atoms with Crippen LogP contribution in [0, 0.1) is 0 Å². The molecule has 0 fully saturated rings. The van der Waals surface area contributed by atoms with E-state index in [-0.39, 0.29) is 35.9 Å². The lowest BCUT2D eigenvalue weighted by Crippen LogP contribution is -2.42. The molecule has 0 aliphatic rings. The molecular weight excluding hydrogens is 368 g/mol. The summed E-state index contributed by atoms with van der Waals surface area (Å²) >= 11 is 0. The van der Waals surface area contributed by atoms with E-state index in [2.05, 4.69) is 9.47 Å². The molecule has 0 unspecified atom stereocenters. The maximum absolute atomic E-state index is 12.2.